The first-order valence-electron chi connectivity index (χ1n) is 9.81. The Morgan fingerprint density at radius 3 is 2.48 bits per heavy atom. The fourth-order valence-electron chi connectivity index (χ4n) is 3.72. The average Bonchev–Trinajstić information content (AvgIpc) is 2.86. The Balaban J connectivity index is 1.74. The summed E-state index contributed by atoms with van der Waals surface area (Å²) in [5, 5.41) is 0.630. The van der Waals surface area contributed by atoms with Crippen LogP contribution in [0.3, 0.4) is 0 Å². The number of amides is 1. The molecule has 0 bridgehead atoms. The lowest BCUT2D eigenvalue weighted by Gasteiger charge is -2.26. The van der Waals surface area contributed by atoms with Crippen molar-refractivity contribution in [3.63, 3.8) is 0 Å². The zero-order chi connectivity index (χ0) is 22.0. The number of methoxy groups -OCH3 is 1. The van der Waals surface area contributed by atoms with E-state index in [-0.39, 0.29) is 11.8 Å². The van der Waals surface area contributed by atoms with Gasteiger partial charge in [-0.25, -0.2) is 0 Å². The Kier molecular flexibility index (Phi) is 6.85. The van der Waals surface area contributed by atoms with Crippen molar-refractivity contribution in [2.45, 2.75) is 13.0 Å². The van der Waals surface area contributed by atoms with Crippen LogP contribution >= 0.6 is 43.5 Å². The van der Waals surface area contributed by atoms with E-state index in [1.165, 1.54) is 0 Å². The molecule has 3 aromatic carbocycles. The van der Waals surface area contributed by atoms with E-state index in [1.807, 2.05) is 77.7 Å². The summed E-state index contributed by atoms with van der Waals surface area (Å²) in [6, 6.07) is 21.4. The first-order chi connectivity index (χ1) is 15.0. The van der Waals surface area contributed by atoms with Crippen LogP contribution in [0, 0.1) is 5.92 Å². The Hall–Kier alpha value is -2.08. The standard InChI is InChI=1S/C25H20Br2ClNO2/c1-31-20-9-6-16(7-10-20)15-29-24-11-8-19(28)14-21(24)23(27)13-18(25(29)30)12-17-4-2-3-5-22(17)26/h2-11,13-14,18H,12,15H2,1H3. The third-order valence-corrected chi connectivity index (χ3v) is 7.04. The molecule has 1 aliphatic rings. The number of rotatable bonds is 5. The monoisotopic (exact) mass is 559 g/mol. The minimum atomic E-state index is -0.322. The number of benzene rings is 3. The number of nitrogens with zero attached hydrogens (tertiary/aromatic N) is 1. The van der Waals surface area contributed by atoms with E-state index in [9.17, 15) is 4.79 Å². The summed E-state index contributed by atoms with van der Waals surface area (Å²) in [5.41, 5.74) is 3.85. The Labute approximate surface area is 203 Å². The molecule has 0 radical (unpaired) electrons. The number of anilines is 1. The van der Waals surface area contributed by atoms with Crippen molar-refractivity contribution in [3.8, 4) is 5.75 Å². The molecule has 0 aliphatic carbocycles. The molecular weight excluding hydrogens is 542 g/mol. The number of ether oxygens (including phenoxy) is 1. The highest BCUT2D eigenvalue weighted by Gasteiger charge is 2.30. The molecule has 0 saturated carbocycles. The van der Waals surface area contributed by atoms with Gasteiger partial charge < -0.3 is 9.64 Å². The molecule has 4 rings (SSSR count). The predicted molar refractivity (Wildman–Crippen MR) is 134 cm³/mol. The van der Waals surface area contributed by atoms with Gasteiger partial charge in [-0.3, -0.25) is 4.79 Å². The minimum absolute atomic E-state index is 0.0459. The van der Waals surface area contributed by atoms with Gasteiger partial charge in [-0.05, 0) is 53.9 Å². The van der Waals surface area contributed by atoms with E-state index in [0.29, 0.717) is 18.0 Å². The minimum Gasteiger partial charge on any atom is -0.497 e. The van der Waals surface area contributed by atoms with Gasteiger partial charge in [0.2, 0.25) is 5.91 Å². The Morgan fingerprint density at radius 2 is 1.77 bits per heavy atom. The molecule has 6 heteroatoms. The lowest BCUT2D eigenvalue weighted by molar-refractivity contribution is -0.121. The fraction of sp³-hybridized carbons (Fsp3) is 0.160. The van der Waals surface area contributed by atoms with Crippen LogP contribution in [0.2, 0.25) is 5.02 Å². The summed E-state index contributed by atoms with van der Waals surface area (Å²) in [7, 11) is 1.64. The molecule has 158 valence electrons. The third kappa shape index (κ3) is 4.89. The van der Waals surface area contributed by atoms with Crippen molar-refractivity contribution in [1.82, 2.24) is 0 Å². The topological polar surface area (TPSA) is 29.5 Å². The summed E-state index contributed by atoms with van der Waals surface area (Å²) in [4.78, 5) is 15.6. The van der Waals surface area contributed by atoms with Crippen LogP contribution in [0.25, 0.3) is 4.48 Å². The molecule has 3 nitrogen and oxygen atoms in total. The van der Waals surface area contributed by atoms with Gasteiger partial charge in [0, 0.05) is 19.5 Å². The second kappa shape index (κ2) is 9.60. The van der Waals surface area contributed by atoms with Crippen molar-refractivity contribution < 1.29 is 9.53 Å². The normalized spacial score (nSPS) is 15.9. The Bertz CT molecular complexity index is 1140. The van der Waals surface area contributed by atoms with Crippen molar-refractivity contribution in [3.05, 3.63) is 99.0 Å². The van der Waals surface area contributed by atoms with Gasteiger partial charge in [0.05, 0.1) is 25.3 Å². The van der Waals surface area contributed by atoms with Gasteiger partial charge in [0.1, 0.15) is 5.75 Å². The largest absolute Gasteiger partial charge is 0.497 e. The van der Waals surface area contributed by atoms with E-state index in [2.05, 4.69) is 31.9 Å². The fourth-order valence-corrected chi connectivity index (χ4v) is 4.97. The van der Waals surface area contributed by atoms with Crippen LogP contribution in [0.5, 0.6) is 5.75 Å². The van der Waals surface area contributed by atoms with E-state index >= 15 is 0 Å². The van der Waals surface area contributed by atoms with Crippen LogP contribution in [0.4, 0.5) is 5.69 Å². The highest BCUT2D eigenvalue weighted by atomic mass is 79.9. The van der Waals surface area contributed by atoms with Crippen molar-refractivity contribution >= 4 is 59.5 Å². The molecule has 3 aromatic rings. The van der Waals surface area contributed by atoms with E-state index in [0.717, 1.165) is 37.1 Å². The molecule has 1 heterocycles. The number of hydrogen-bond acceptors (Lipinski definition) is 2. The quantitative estimate of drug-likeness (QED) is 0.328. The molecule has 31 heavy (non-hydrogen) atoms. The second-order valence-electron chi connectivity index (χ2n) is 7.35. The lowest BCUT2D eigenvalue weighted by atomic mass is 9.97. The molecule has 0 aromatic heterocycles. The maximum atomic E-state index is 13.8. The van der Waals surface area contributed by atoms with Gasteiger partial charge in [-0.1, -0.05) is 79.9 Å². The van der Waals surface area contributed by atoms with E-state index < -0.39 is 0 Å². The van der Waals surface area contributed by atoms with Gasteiger partial charge in [0.25, 0.3) is 0 Å². The zero-order valence-corrected chi connectivity index (χ0v) is 20.7. The third-order valence-electron chi connectivity index (χ3n) is 5.33. The first kappa shape index (κ1) is 22.1. The molecule has 1 aliphatic heterocycles. The molecule has 0 spiro atoms. The number of halogens is 3. The smallest absolute Gasteiger partial charge is 0.234 e. The lowest BCUT2D eigenvalue weighted by Crippen LogP contribution is -2.35. The summed E-state index contributed by atoms with van der Waals surface area (Å²) in [6.07, 6.45) is 2.58. The van der Waals surface area contributed by atoms with Crippen molar-refractivity contribution in [2.24, 2.45) is 5.92 Å². The SMILES string of the molecule is COc1ccc(CN2C(=O)C(Cc3ccccc3Br)C=C(Br)c3cc(Cl)ccc32)cc1. The first-order valence-corrected chi connectivity index (χ1v) is 11.8. The highest BCUT2D eigenvalue weighted by molar-refractivity contribution is 9.15. The van der Waals surface area contributed by atoms with Gasteiger partial charge in [-0.15, -0.1) is 0 Å². The van der Waals surface area contributed by atoms with Crippen LogP contribution in [-0.2, 0) is 17.8 Å². The van der Waals surface area contributed by atoms with Crippen LogP contribution < -0.4 is 9.64 Å². The van der Waals surface area contributed by atoms with Crippen LogP contribution in [0.1, 0.15) is 16.7 Å². The molecule has 0 fully saturated rings. The summed E-state index contributed by atoms with van der Waals surface area (Å²) in [6.45, 7) is 0.456. The van der Waals surface area contributed by atoms with E-state index in [1.54, 1.807) is 7.11 Å². The van der Waals surface area contributed by atoms with Gasteiger partial charge >= 0.3 is 0 Å². The average molecular weight is 562 g/mol. The number of fused-ring (bicyclic) bond motifs is 1. The van der Waals surface area contributed by atoms with E-state index in [4.69, 9.17) is 16.3 Å². The van der Waals surface area contributed by atoms with Gasteiger partial charge in [-0.2, -0.15) is 0 Å². The van der Waals surface area contributed by atoms with Crippen molar-refractivity contribution in [1.29, 1.82) is 0 Å². The number of carbonyl (C=O) groups excluding carboxylic acids is 1. The number of carbonyl (C=O) groups is 1. The molecule has 1 atom stereocenters. The summed E-state index contributed by atoms with van der Waals surface area (Å²) >= 11 is 13.6. The van der Waals surface area contributed by atoms with Crippen LogP contribution in [-0.4, -0.2) is 13.0 Å². The Morgan fingerprint density at radius 1 is 1.03 bits per heavy atom. The zero-order valence-electron chi connectivity index (χ0n) is 16.8. The molecular formula is C25H20Br2ClNO2. The van der Waals surface area contributed by atoms with Crippen LogP contribution in [0.15, 0.2) is 77.3 Å². The van der Waals surface area contributed by atoms with Crippen molar-refractivity contribution in [2.75, 3.05) is 12.0 Å². The molecule has 0 saturated heterocycles. The molecule has 1 unspecified atom stereocenters. The predicted octanol–water partition coefficient (Wildman–Crippen LogP) is 7.25. The maximum Gasteiger partial charge on any atom is 0.234 e. The second-order valence-corrected chi connectivity index (χ2v) is 9.50. The molecule has 1 amide bonds. The maximum absolute atomic E-state index is 13.8. The number of hydrogen-bond donors (Lipinski definition) is 0. The molecule has 0 N–H and O–H groups in total. The summed E-state index contributed by atoms with van der Waals surface area (Å²) in [5.74, 6) is 0.511. The van der Waals surface area contributed by atoms with Gasteiger partial charge in [0.15, 0.2) is 0 Å². The highest BCUT2D eigenvalue weighted by Crippen LogP contribution is 2.39. The summed E-state index contributed by atoms with van der Waals surface area (Å²) < 4.78 is 7.13.